The van der Waals surface area contributed by atoms with E-state index in [0.29, 0.717) is 5.56 Å². The molecule has 1 aliphatic carbocycles. The van der Waals surface area contributed by atoms with Crippen molar-refractivity contribution in [3.63, 3.8) is 0 Å². The summed E-state index contributed by atoms with van der Waals surface area (Å²) >= 11 is 0. The number of halogens is 1. The van der Waals surface area contributed by atoms with Crippen molar-refractivity contribution < 1.29 is 0 Å². The first-order valence-electron chi connectivity index (χ1n) is 5.05. The molecule has 15 heavy (non-hydrogen) atoms. The third-order valence-corrected chi connectivity index (χ3v) is 2.75. The molecule has 0 unspecified atom stereocenters. The van der Waals surface area contributed by atoms with E-state index in [-0.39, 0.29) is 18.4 Å². The van der Waals surface area contributed by atoms with Crippen molar-refractivity contribution >= 4 is 12.4 Å². The van der Waals surface area contributed by atoms with Gasteiger partial charge >= 0.3 is 0 Å². The van der Waals surface area contributed by atoms with Crippen LogP contribution in [0.1, 0.15) is 36.4 Å². The van der Waals surface area contributed by atoms with Crippen molar-refractivity contribution in [1.82, 2.24) is 0 Å². The Morgan fingerprint density at radius 3 is 2.40 bits per heavy atom. The second kappa shape index (κ2) is 5.16. The van der Waals surface area contributed by atoms with Gasteiger partial charge in [-0.15, -0.1) is 12.4 Å². The lowest BCUT2D eigenvalue weighted by Crippen LogP contribution is -2.10. The van der Waals surface area contributed by atoms with E-state index < -0.39 is 0 Å². The van der Waals surface area contributed by atoms with E-state index in [0.717, 1.165) is 17.9 Å². The Balaban J connectivity index is 0.00000112. The number of nitrogens with zero attached hydrogens (tertiary/aromatic N) is 1. The molecule has 0 aliphatic heterocycles. The molecular weight excluding hydrogens is 208 g/mol. The van der Waals surface area contributed by atoms with E-state index in [1.807, 2.05) is 24.3 Å². The predicted octanol–water partition coefficient (Wildman–Crippen LogP) is 2.78. The Morgan fingerprint density at radius 1 is 1.33 bits per heavy atom. The first kappa shape index (κ1) is 12.0. The molecule has 0 heterocycles. The topological polar surface area (TPSA) is 49.8 Å². The van der Waals surface area contributed by atoms with E-state index in [4.69, 9.17) is 11.0 Å². The van der Waals surface area contributed by atoms with Crippen LogP contribution in [-0.2, 0) is 0 Å². The number of nitrogens with two attached hydrogens (primary N) is 1. The van der Waals surface area contributed by atoms with E-state index in [1.165, 1.54) is 12.8 Å². The van der Waals surface area contributed by atoms with Crippen molar-refractivity contribution in [1.29, 1.82) is 5.26 Å². The molecule has 2 nitrogen and oxygen atoms in total. The smallest absolute Gasteiger partial charge is 0.0991 e. The highest BCUT2D eigenvalue weighted by Crippen LogP contribution is 2.36. The standard InChI is InChI=1S/C12H14N2.ClH/c13-8-10-3-5-11(6-4-10)12(14)7-9-1-2-9;/h3-6,9,12H,1-2,7,14H2;1H/t12-;/m0./s1. The second-order valence-electron chi connectivity index (χ2n) is 4.02. The van der Waals surface area contributed by atoms with Crippen LogP contribution in [0.2, 0.25) is 0 Å². The summed E-state index contributed by atoms with van der Waals surface area (Å²) < 4.78 is 0. The molecule has 0 saturated heterocycles. The van der Waals surface area contributed by atoms with Crippen LogP contribution in [0.3, 0.4) is 0 Å². The number of hydrogen-bond donors (Lipinski definition) is 1. The van der Waals surface area contributed by atoms with Crippen molar-refractivity contribution in [2.75, 3.05) is 0 Å². The van der Waals surface area contributed by atoms with Gasteiger partial charge in [-0.25, -0.2) is 0 Å². The molecule has 1 aromatic rings. The highest BCUT2D eigenvalue weighted by atomic mass is 35.5. The predicted molar refractivity (Wildman–Crippen MR) is 62.7 cm³/mol. The van der Waals surface area contributed by atoms with Crippen molar-refractivity contribution in [3.8, 4) is 6.07 Å². The first-order chi connectivity index (χ1) is 6.79. The molecule has 2 N–H and O–H groups in total. The van der Waals surface area contributed by atoms with Crippen molar-refractivity contribution in [2.45, 2.75) is 25.3 Å². The maximum Gasteiger partial charge on any atom is 0.0991 e. The molecule has 2 rings (SSSR count). The van der Waals surface area contributed by atoms with Crippen LogP contribution < -0.4 is 5.73 Å². The second-order valence-corrected chi connectivity index (χ2v) is 4.02. The minimum atomic E-state index is 0. The molecule has 1 fully saturated rings. The van der Waals surface area contributed by atoms with Gasteiger partial charge in [0.05, 0.1) is 11.6 Å². The highest BCUT2D eigenvalue weighted by Gasteiger charge is 2.24. The summed E-state index contributed by atoms with van der Waals surface area (Å²) in [6.07, 6.45) is 3.76. The Labute approximate surface area is 96.5 Å². The number of hydrogen-bond acceptors (Lipinski definition) is 2. The Hall–Kier alpha value is -1.04. The SMILES string of the molecule is Cl.N#Cc1ccc([C@@H](N)CC2CC2)cc1. The Morgan fingerprint density at radius 2 is 1.93 bits per heavy atom. The molecule has 0 spiro atoms. The summed E-state index contributed by atoms with van der Waals surface area (Å²) in [6.45, 7) is 0. The lowest BCUT2D eigenvalue weighted by atomic mass is 10.0. The largest absolute Gasteiger partial charge is 0.324 e. The zero-order chi connectivity index (χ0) is 9.97. The van der Waals surface area contributed by atoms with Crippen LogP contribution in [0.15, 0.2) is 24.3 Å². The lowest BCUT2D eigenvalue weighted by Gasteiger charge is -2.10. The van der Waals surface area contributed by atoms with Gasteiger partial charge in [-0.05, 0) is 30.0 Å². The summed E-state index contributed by atoms with van der Waals surface area (Å²) in [6, 6.07) is 9.85. The molecule has 0 bridgehead atoms. The number of rotatable bonds is 3. The molecule has 0 radical (unpaired) electrons. The molecule has 1 aliphatic rings. The van der Waals surface area contributed by atoms with Gasteiger partial charge in [0.25, 0.3) is 0 Å². The van der Waals surface area contributed by atoms with Gasteiger partial charge in [0.1, 0.15) is 0 Å². The normalized spacial score (nSPS) is 16.3. The Kier molecular flexibility index (Phi) is 4.14. The van der Waals surface area contributed by atoms with Crippen LogP contribution >= 0.6 is 12.4 Å². The fourth-order valence-electron chi connectivity index (χ4n) is 1.65. The van der Waals surface area contributed by atoms with Gasteiger partial charge in [-0.3, -0.25) is 0 Å². The van der Waals surface area contributed by atoms with E-state index in [2.05, 4.69) is 6.07 Å². The van der Waals surface area contributed by atoms with Gasteiger partial charge in [-0.1, -0.05) is 25.0 Å². The Bertz CT molecular complexity index is 349. The van der Waals surface area contributed by atoms with Crippen LogP contribution in [0.25, 0.3) is 0 Å². The summed E-state index contributed by atoms with van der Waals surface area (Å²) in [5.41, 5.74) is 7.89. The van der Waals surface area contributed by atoms with Gasteiger partial charge in [0.15, 0.2) is 0 Å². The average molecular weight is 223 g/mol. The van der Waals surface area contributed by atoms with E-state index >= 15 is 0 Å². The van der Waals surface area contributed by atoms with E-state index in [9.17, 15) is 0 Å². The maximum absolute atomic E-state index is 8.64. The molecule has 80 valence electrons. The summed E-state index contributed by atoms with van der Waals surface area (Å²) in [4.78, 5) is 0. The fourth-order valence-corrected chi connectivity index (χ4v) is 1.65. The average Bonchev–Trinajstić information content (AvgIpc) is 3.02. The molecule has 0 aromatic heterocycles. The quantitative estimate of drug-likeness (QED) is 0.855. The maximum atomic E-state index is 8.64. The summed E-state index contributed by atoms with van der Waals surface area (Å²) in [5, 5.41) is 8.64. The number of benzene rings is 1. The van der Waals surface area contributed by atoms with Crippen LogP contribution in [0.5, 0.6) is 0 Å². The minimum Gasteiger partial charge on any atom is -0.324 e. The van der Waals surface area contributed by atoms with Crippen LogP contribution in [0, 0.1) is 17.2 Å². The van der Waals surface area contributed by atoms with Gasteiger partial charge in [0, 0.05) is 6.04 Å². The minimum absolute atomic E-state index is 0. The van der Waals surface area contributed by atoms with Gasteiger partial charge < -0.3 is 5.73 Å². The van der Waals surface area contributed by atoms with Crippen molar-refractivity contribution in [2.24, 2.45) is 11.7 Å². The third kappa shape index (κ3) is 3.23. The monoisotopic (exact) mass is 222 g/mol. The molecule has 3 heteroatoms. The van der Waals surface area contributed by atoms with Crippen LogP contribution in [0.4, 0.5) is 0 Å². The zero-order valence-corrected chi connectivity index (χ0v) is 9.33. The molecule has 0 amide bonds. The molecule has 1 saturated carbocycles. The molecule has 1 atom stereocenters. The lowest BCUT2D eigenvalue weighted by molar-refractivity contribution is 0.597. The highest BCUT2D eigenvalue weighted by molar-refractivity contribution is 5.85. The number of nitriles is 1. The summed E-state index contributed by atoms with van der Waals surface area (Å²) in [7, 11) is 0. The zero-order valence-electron chi connectivity index (χ0n) is 8.52. The third-order valence-electron chi connectivity index (χ3n) is 2.75. The summed E-state index contributed by atoms with van der Waals surface area (Å²) in [5.74, 6) is 0.848. The molecular formula is C12H15ClN2. The van der Waals surface area contributed by atoms with Crippen LogP contribution in [-0.4, -0.2) is 0 Å². The molecule has 1 aromatic carbocycles. The van der Waals surface area contributed by atoms with Crippen molar-refractivity contribution in [3.05, 3.63) is 35.4 Å². The fraction of sp³-hybridized carbons (Fsp3) is 0.417. The van der Waals surface area contributed by atoms with Gasteiger partial charge in [-0.2, -0.15) is 5.26 Å². The van der Waals surface area contributed by atoms with E-state index in [1.54, 1.807) is 0 Å². The van der Waals surface area contributed by atoms with Gasteiger partial charge in [0.2, 0.25) is 0 Å². The first-order valence-corrected chi connectivity index (χ1v) is 5.05.